The molecule has 2 rings (SSSR count). The van der Waals surface area contributed by atoms with Crippen molar-refractivity contribution >= 4 is 22.1 Å². The Balaban J connectivity index is 0.00000180. The van der Waals surface area contributed by atoms with Crippen molar-refractivity contribution in [2.45, 2.75) is 11.5 Å². The molecule has 0 heterocycles. The second-order valence-corrected chi connectivity index (χ2v) is 6.25. The lowest BCUT2D eigenvalue weighted by Gasteiger charge is -2.07. The Morgan fingerprint density at radius 1 is 1.05 bits per heavy atom. The molecule has 0 radical (unpaired) electrons. The Kier molecular flexibility index (Phi) is 5.39. The summed E-state index contributed by atoms with van der Waals surface area (Å²) in [5.41, 5.74) is 1.10. The van der Waals surface area contributed by atoms with Crippen molar-refractivity contribution in [1.29, 1.82) is 4.78 Å². The first-order valence-electron chi connectivity index (χ1n) is 5.56. The average molecular weight is 298 g/mol. The zero-order chi connectivity index (χ0) is 13.0. The van der Waals surface area contributed by atoms with E-state index in [9.17, 15) is 4.21 Å². The highest BCUT2D eigenvalue weighted by molar-refractivity contribution is 7.91. The van der Waals surface area contributed by atoms with Gasteiger partial charge in [-0.1, -0.05) is 30.3 Å². The minimum absolute atomic E-state index is 0. The van der Waals surface area contributed by atoms with Crippen molar-refractivity contribution in [1.82, 2.24) is 0 Å². The fourth-order valence-electron chi connectivity index (χ4n) is 1.54. The molecule has 0 aliphatic heterocycles. The first kappa shape index (κ1) is 15.5. The summed E-state index contributed by atoms with van der Waals surface area (Å²) in [4.78, 5) is 0.523. The van der Waals surface area contributed by atoms with E-state index in [1.165, 1.54) is 6.26 Å². The minimum Gasteiger partial charge on any atom is -0.489 e. The molecule has 1 atom stereocenters. The van der Waals surface area contributed by atoms with E-state index in [2.05, 4.69) is 0 Å². The third-order valence-electron chi connectivity index (χ3n) is 2.52. The van der Waals surface area contributed by atoms with Crippen LogP contribution in [0.2, 0.25) is 0 Å². The summed E-state index contributed by atoms with van der Waals surface area (Å²) in [6.07, 6.45) is 1.41. The van der Waals surface area contributed by atoms with Gasteiger partial charge in [0.2, 0.25) is 0 Å². The second-order valence-electron chi connectivity index (χ2n) is 4.09. The Morgan fingerprint density at radius 2 is 1.63 bits per heavy atom. The first-order valence-corrected chi connectivity index (χ1v) is 7.53. The highest BCUT2D eigenvalue weighted by Gasteiger charge is 2.03. The van der Waals surface area contributed by atoms with Crippen LogP contribution in [0.4, 0.5) is 0 Å². The Labute approximate surface area is 120 Å². The van der Waals surface area contributed by atoms with E-state index in [4.69, 9.17) is 9.52 Å². The van der Waals surface area contributed by atoms with Gasteiger partial charge in [-0.2, -0.15) is 0 Å². The molecule has 0 amide bonds. The number of ether oxygens (including phenoxy) is 1. The maximum absolute atomic E-state index is 11.5. The SMILES string of the molecule is CS(=N)(=O)c1ccc(OCc2ccccc2)cc1.Cl. The molecule has 0 saturated heterocycles. The van der Waals surface area contributed by atoms with Crippen LogP contribution in [0.5, 0.6) is 5.75 Å². The predicted octanol–water partition coefficient (Wildman–Crippen LogP) is 3.72. The molecule has 1 unspecified atom stereocenters. The van der Waals surface area contributed by atoms with Gasteiger partial charge in [-0.3, -0.25) is 0 Å². The van der Waals surface area contributed by atoms with E-state index in [0.717, 1.165) is 5.56 Å². The van der Waals surface area contributed by atoms with Gasteiger partial charge in [0.1, 0.15) is 12.4 Å². The topological polar surface area (TPSA) is 50.2 Å². The van der Waals surface area contributed by atoms with Gasteiger partial charge in [0, 0.05) is 11.2 Å². The summed E-state index contributed by atoms with van der Waals surface area (Å²) in [6, 6.07) is 16.7. The molecule has 0 fully saturated rings. The molecular formula is C14H16ClNO2S. The summed E-state index contributed by atoms with van der Waals surface area (Å²) >= 11 is 0. The molecule has 0 bridgehead atoms. The van der Waals surface area contributed by atoms with E-state index in [1.54, 1.807) is 24.3 Å². The maximum atomic E-state index is 11.5. The van der Waals surface area contributed by atoms with E-state index < -0.39 is 9.73 Å². The summed E-state index contributed by atoms with van der Waals surface area (Å²) in [5.74, 6) is 0.714. The molecule has 5 heteroatoms. The van der Waals surface area contributed by atoms with Crippen LogP contribution in [-0.4, -0.2) is 10.5 Å². The van der Waals surface area contributed by atoms with Crippen LogP contribution >= 0.6 is 12.4 Å². The molecular weight excluding hydrogens is 282 g/mol. The van der Waals surface area contributed by atoms with Crippen molar-refractivity contribution in [3.05, 3.63) is 60.2 Å². The highest BCUT2D eigenvalue weighted by atomic mass is 35.5. The number of nitrogens with one attached hydrogen (secondary N) is 1. The van der Waals surface area contributed by atoms with Crippen LogP contribution in [0, 0.1) is 4.78 Å². The minimum atomic E-state index is -2.64. The van der Waals surface area contributed by atoms with Crippen molar-refractivity contribution in [2.75, 3.05) is 6.26 Å². The average Bonchev–Trinajstić information content (AvgIpc) is 2.37. The standard InChI is InChI=1S/C14H15NO2S.ClH/c1-18(15,16)14-9-7-13(8-10-14)17-11-12-5-3-2-4-6-12;/h2-10,15H,11H2,1H3;1H. The molecule has 0 aliphatic rings. The first-order chi connectivity index (χ1) is 8.55. The van der Waals surface area contributed by atoms with Crippen LogP contribution in [0.1, 0.15) is 5.56 Å². The molecule has 1 N–H and O–H groups in total. The van der Waals surface area contributed by atoms with Crippen molar-refractivity contribution < 1.29 is 8.95 Å². The predicted molar refractivity (Wildman–Crippen MR) is 79.5 cm³/mol. The zero-order valence-corrected chi connectivity index (χ0v) is 12.2. The lowest BCUT2D eigenvalue weighted by molar-refractivity contribution is 0.306. The third-order valence-corrected chi connectivity index (χ3v) is 3.69. The summed E-state index contributed by atoms with van der Waals surface area (Å²) in [7, 11) is -2.64. The van der Waals surface area contributed by atoms with Crippen molar-refractivity contribution in [3.8, 4) is 5.75 Å². The second kappa shape index (κ2) is 6.59. The summed E-state index contributed by atoms with van der Waals surface area (Å²) in [6.45, 7) is 0.503. The van der Waals surface area contributed by atoms with E-state index in [0.29, 0.717) is 17.3 Å². The Morgan fingerprint density at radius 3 is 2.16 bits per heavy atom. The van der Waals surface area contributed by atoms with Crippen molar-refractivity contribution in [2.24, 2.45) is 0 Å². The maximum Gasteiger partial charge on any atom is 0.119 e. The normalized spacial score (nSPS) is 13.1. The van der Waals surface area contributed by atoms with Crippen LogP contribution in [-0.2, 0) is 16.3 Å². The Bertz CT molecular complexity index is 610. The zero-order valence-electron chi connectivity index (χ0n) is 10.5. The molecule has 0 aliphatic carbocycles. The Hall–Kier alpha value is -1.52. The summed E-state index contributed by atoms with van der Waals surface area (Å²) < 4.78 is 24.6. The van der Waals surface area contributed by atoms with Gasteiger partial charge in [-0.15, -0.1) is 12.4 Å². The highest BCUT2D eigenvalue weighted by Crippen LogP contribution is 2.17. The van der Waals surface area contributed by atoms with E-state index in [-0.39, 0.29) is 12.4 Å². The van der Waals surface area contributed by atoms with Crippen LogP contribution in [0.15, 0.2) is 59.5 Å². The lowest BCUT2D eigenvalue weighted by atomic mass is 10.2. The number of hydrogen-bond acceptors (Lipinski definition) is 3. The molecule has 2 aromatic carbocycles. The third kappa shape index (κ3) is 4.58. The summed E-state index contributed by atoms with van der Waals surface area (Å²) in [5, 5.41) is 0. The number of halogens is 1. The number of rotatable bonds is 4. The fraction of sp³-hybridized carbons (Fsp3) is 0.143. The largest absolute Gasteiger partial charge is 0.489 e. The fourth-order valence-corrected chi connectivity index (χ4v) is 2.19. The monoisotopic (exact) mass is 297 g/mol. The quantitative estimate of drug-likeness (QED) is 0.935. The molecule has 3 nitrogen and oxygen atoms in total. The van der Waals surface area contributed by atoms with E-state index >= 15 is 0 Å². The van der Waals surface area contributed by atoms with Gasteiger partial charge in [-0.05, 0) is 29.8 Å². The smallest absolute Gasteiger partial charge is 0.119 e. The van der Waals surface area contributed by atoms with Crippen molar-refractivity contribution in [3.63, 3.8) is 0 Å². The molecule has 0 saturated carbocycles. The number of hydrogen-bond donors (Lipinski definition) is 1. The van der Waals surface area contributed by atoms with Gasteiger partial charge >= 0.3 is 0 Å². The van der Waals surface area contributed by atoms with Crippen LogP contribution < -0.4 is 4.74 Å². The van der Waals surface area contributed by atoms with Gasteiger partial charge < -0.3 is 4.74 Å². The molecule has 0 aromatic heterocycles. The van der Waals surface area contributed by atoms with Gasteiger partial charge in [-0.25, -0.2) is 8.99 Å². The lowest BCUT2D eigenvalue weighted by Crippen LogP contribution is -1.97. The van der Waals surface area contributed by atoms with Crippen LogP contribution in [0.3, 0.4) is 0 Å². The van der Waals surface area contributed by atoms with Crippen LogP contribution in [0.25, 0.3) is 0 Å². The van der Waals surface area contributed by atoms with Gasteiger partial charge in [0.05, 0.1) is 9.73 Å². The molecule has 0 spiro atoms. The molecule has 2 aromatic rings. The van der Waals surface area contributed by atoms with E-state index in [1.807, 2.05) is 30.3 Å². The molecule has 19 heavy (non-hydrogen) atoms. The van der Waals surface area contributed by atoms with Gasteiger partial charge in [0.15, 0.2) is 0 Å². The number of benzene rings is 2. The molecule has 102 valence electrons. The van der Waals surface area contributed by atoms with Gasteiger partial charge in [0.25, 0.3) is 0 Å².